The number of aromatic nitrogens is 1. The average molecular weight is 1170 g/mol. The number of benzene rings is 7. The lowest BCUT2D eigenvalue weighted by atomic mass is 9.77. The molecule has 5 heterocycles. The molecule has 12 rings (SSSR count). The fourth-order valence-electron chi connectivity index (χ4n) is 10.5. The van der Waals surface area contributed by atoms with Crippen LogP contribution in [0.1, 0.15) is 63.8 Å². The van der Waals surface area contributed by atoms with Crippen LogP contribution >= 0.6 is 34.9 Å². The molecule has 2 atom stereocenters. The van der Waals surface area contributed by atoms with Gasteiger partial charge in [-0.25, -0.2) is 24.6 Å². The Morgan fingerprint density at radius 3 is 1.71 bits per heavy atom. The molecule has 4 aliphatic heterocycles. The van der Waals surface area contributed by atoms with Gasteiger partial charge < -0.3 is 25.3 Å². The maximum absolute atomic E-state index is 15.1. The number of hydrazine groups is 2. The molecule has 4 aliphatic rings. The van der Waals surface area contributed by atoms with Crippen LogP contribution in [-0.2, 0) is 29.4 Å². The van der Waals surface area contributed by atoms with Crippen LogP contribution in [0, 0.1) is 0 Å². The summed E-state index contributed by atoms with van der Waals surface area (Å²) in [6, 6.07) is 66.5. The van der Waals surface area contributed by atoms with Gasteiger partial charge in [-0.1, -0.05) is 217 Å². The molecular formula is C65H53N9O7S3. The number of rotatable bonds is 18. The number of oxime groups is 1. The Bertz CT molecular complexity index is 3700. The number of nitrogens with zero attached hydrogens (tertiary/aromatic N) is 6. The zero-order valence-electron chi connectivity index (χ0n) is 45.0. The van der Waals surface area contributed by atoms with E-state index in [4.69, 9.17) is 19.5 Å². The fourth-order valence-corrected chi connectivity index (χ4v) is 13.8. The van der Waals surface area contributed by atoms with Crippen LogP contribution in [0.25, 0.3) is 0 Å². The molecule has 1 fully saturated rings. The molecule has 0 bridgehead atoms. The number of ether oxygens (including phenoxy) is 2. The van der Waals surface area contributed by atoms with Crippen molar-refractivity contribution in [2.45, 2.75) is 36.1 Å². The minimum Gasteiger partial charge on any atom is -0.448 e. The molecule has 0 aliphatic carbocycles. The highest BCUT2D eigenvalue weighted by atomic mass is 32.2. The van der Waals surface area contributed by atoms with Crippen molar-refractivity contribution < 1.29 is 33.9 Å². The van der Waals surface area contributed by atoms with E-state index in [0.29, 0.717) is 27.3 Å². The molecule has 0 spiro atoms. The smallest absolute Gasteiger partial charge is 0.431 e. The number of carbonyl (C=O) groups excluding carboxylic acids is 4. The minimum atomic E-state index is -1.12. The van der Waals surface area contributed by atoms with Crippen molar-refractivity contribution in [1.29, 1.82) is 0 Å². The maximum Gasteiger partial charge on any atom is 0.431 e. The van der Waals surface area contributed by atoms with Crippen molar-refractivity contribution in [2.75, 3.05) is 16.8 Å². The summed E-state index contributed by atoms with van der Waals surface area (Å²) in [7, 11) is 0. The molecular weight excluding hydrogens is 1110 g/mol. The standard InChI is InChI=1S/C65H53N9O7S3/c1-42-37-53(74-52(66-42)38-72(71-74)64(78)81-58(45-27-13-4-14-28-45)46-29-15-5-16-30-46)82-39-47-40-83-61-55(60(76)73(61)56(47)62(77)80-57(43-23-9-2-10-24-43)44-25-11-3-12-26-44)68-59(75)54(70-79)51-41-84-63(67-51)69-65(48-31-17-6-18-32-48,49-33-19-7-20-34-49)50-35-21-8-22-36-50/h2-38,41,55,57-58,61,71,79H,39-40H2,1H3,(H,67,69)(H,68,75)/t55-,61-/m1/s1. The van der Waals surface area contributed by atoms with E-state index in [2.05, 4.69) is 21.3 Å². The molecule has 84 heavy (non-hydrogen) atoms. The second-order valence-electron chi connectivity index (χ2n) is 19.8. The third-order valence-electron chi connectivity index (χ3n) is 14.5. The Labute approximate surface area is 496 Å². The Morgan fingerprint density at radius 1 is 0.726 bits per heavy atom. The van der Waals surface area contributed by atoms with Crippen LogP contribution < -0.4 is 16.2 Å². The molecule has 0 unspecified atom stereocenters. The van der Waals surface area contributed by atoms with Gasteiger partial charge in [0.05, 0.1) is 11.2 Å². The van der Waals surface area contributed by atoms with Gasteiger partial charge in [-0.05, 0) is 57.5 Å². The van der Waals surface area contributed by atoms with Crippen LogP contribution in [0.15, 0.2) is 262 Å². The number of fused-ring (bicyclic) bond motifs is 2. The molecule has 19 heteroatoms. The Morgan fingerprint density at radius 2 is 1.21 bits per heavy atom. The summed E-state index contributed by atoms with van der Waals surface area (Å²) in [5, 5.41) is 25.3. The van der Waals surface area contributed by atoms with Crippen molar-refractivity contribution in [3.63, 3.8) is 0 Å². The maximum atomic E-state index is 15.1. The lowest BCUT2D eigenvalue weighted by Gasteiger charge is -2.49. The molecule has 8 aromatic rings. The highest BCUT2D eigenvalue weighted by Crippen LogP contribution is 2.45. The van der Waals surface area contributed by atoms with E-state index in [-0.39, 0.29) is 22.9 Å². The summed E-state index contributed by atoms with van der Waals surface area (Å²) in [6.45, 7) is 1.84. The van der Waals surface area contributed by atoms with Gasteiger partial charge in [0.25, 0.3) is 11.8 Å². The van der Waals surface area contributed by atoms with E-state index < -0.39 is 58.8 Å². The second-order valence-corrected chi connectivity index (χ2v) is 22.7. The molecule has 16 nitrogen and oxygen atoms in total. The number of thiazole rings is 1. The molecule has 4 N–H and O–H groups in total. The van der Waals surface area contributed by atoms with Crippen molar-refractivity contribution >= 4 is 75.3 Å². The number of β-lactam (4-membered cyclic amide) rings is 1. The lowest BCUT2D eigenvalue weighted by Crippen LogP contribution is -2.71. The Kier molecular flexibility index (Phi) is 16.1. The van der Waals surface area contributed by atoms with Crippen LogP contribution in [0.3, 0.4) is 0 Å². The van der Waals surface area contributed by atoms with Gasteiger partial charge in [-0.2, -0.15) is 5.01 Å². The number of aliphatic imine (C=N–C) groups is 1. The molecule has 0 radical (unpaired) electrons. The van der Waals surface area contributed by atoms with Crippen molar-refractivity contribution in [3.05, 3.63) is 297 Å². The Hall–Kier alpha value is -9.53. The van der Waals surface area contributed by atoms with Gasteiger partial charge in [0.15, 0.2) is 28.9 Å². The van der Waals surface area contributed by atoms with Crippen molar-refractivity contribution in [3.8, 4) is 0 Å². The first-order valence-corrected chi connectivity index (χ1v) is 29.8. The van der Waals surface area contributed by atoms with E-state index in [0.717, 1.165) is 38.9 Å². The summed E-state index contributed by atoms with van der Waals surface area (Å²) in [5.41, 5.74) is 9.03. The number of amides is 3. The number of carbonyl (C=O) groups is 4. The predicted molar refractivity (Wildman–Crippen MR) is 326 cm³/mol. The number of anilines is 1. The molecule has 0 saturated carbocycles. The SMILES string of the molecule is CC1=NC2=CN(C(=O)OC(c3ccccc3)c3ccccc3)NN2C(SCC2=C(C(=O)OC(c3ccccc3)c3ccccc3)N3C(=O)[C@@H](NC(=O)C(=NO)c4csc(NC(c5ccccc5)(c5ccccc5)c5ccccc5)n4)[C@H]3SC2)=C1. The third kappa shape index (κ3) is 11.1. The summed E-state index contributed by atoms with van der Waals surface area (Å²) >= 11 is 3.97. The molecule has 418 valence electrons. The van der Waals surface area contributed by atoms with E-state index in [9.17, 15) is 19.6 Å². The summed E-state index contributed by atoms with van der Waals surface area (Å²) in [5.74, 6) is -1.24. The topological polar surface area (TPSA) is 190 Å². The number of hydrogen-bond acceptors (Lipinski definition) is 16. The normalized spacial score (nSPS) is 16.7. The predicted octanol–water partition coefficient (Wildman–Crippen LogP) is 11.5. The van der Waals surface area contributed by atoms with Crippen molar-refractivity contribution in [2.24, 2.45) is 10.1 Å². The van der Waals surface area contributed by atoms with E-state index in [1.165, 1.54) is 44.8 Å². The van der Waals surface area contributed by atoms with E-state index >= 15 is 4.79 Å². The lowest BCUT2D eigenvalue weighted by molar-refractivity contribution is -0.154. The first-order valence-electron chi connectivity index (χ1n) is 26.9. The Balaban J connectivity index is 0.795. The van der Waals surface area contributed by atoms with Gasteiger partial charge >= 0.3 is 12.1 Å². The third-order valence-corrected chi connectivity index (χ3v) is 17.7. The molecule has 1 aromatic heterocycles. The first-order chi connectivity index (χ1) is 41.2. The molecule has 1 saturated heterocycles. The number of allylic oxidation sites excluding steroid dienone is 1. The minimum absolute atomic E-state index is 0.0497. The van der Waals surface area contributed by atoms with Crippen LogP contribution in [-0.4, -0.2) is 83.3 Å². The average Bonchev–Trinajstić information content (AvgIpc) is 3.83. The van der Waals surface area contributed by atoms with E-state index in [1.807, 2.05) is 225 Å². The van der Waals surface area contributed by atoms with Gasteiger partial charge in [-0.15, -0.1) is 40.4 Å². The number of hydrogen-bond donors (Lipinski definition) is 4. The monoisotopic (exact) mass is 1170 g/mol. The number of thioether (sulfide) groups is 2. The molecule has 3 amide bonds. The summed E-state index contributed by atoms with van der Waals surface area (Å²) in [6.07, 6.45) is 1.21. The van der Waals surface area contributed by atoms with Gasteiger partial charge in [0.2, 0.25) is 0 Å². The quantitative estimate of drug-likeness (QED) is 0.0159. The van der Waals surface area contributed by atoms with Crippen LogP contribution in [0.5, 0.6) is 0 Å². The fraction of sp³-hybridized carbons (Fsp3) is 0.123. The summed E-state index contributed by atoms with van der Waals surface area (Å²) < 4.78 is 12.6. The van der Waals surface area contributed by atoms with Gasteiger partial charge in [0, 0.05) is 22.6 Å². The number of nitrogens with one attached hydrogen (secondary N) is 3. The highest BCUT2D eigenvalue weighted by molar-refractivity contribution is 8.03. The molecule has 7 aromatic carbocycles. The largest absolute Gasteiger partial charge is 0.448 e. The number of esters is 1. The highest BCUT2D eigenvalue weighted by Gasteiger charge is 2.55. The zero-order valence-corrected chi connectivity index (χ0v) is 47.4. The van der Waals surface area contributed by atoms with Gasteiger partial charge in [0.1, 0.15) is 28.3 Å². The first kappa shape index (κ1) is 55.0. The zero-order chi connectivity index (χ0) is 57.6. The van der Waals surface area contributed by atoms with Gasteiger partial charge in [-0.3, -0.25) is 14.5 Å². The second kappa shape index (κ2) is 24.5. The van der Waals surface area contributed by atoms with Crippen LogP contribution in [0.2, 0.25) is 0 Å². The van der Waals surface area contributed by atoms with Crippen molar-refractivity contribution in [1.82, 2.24) is 30.8 Å². The van der Waals surface area contributed by atoms with E-state index in [1.54, 1.807) is 16.6 Å². The summed E-state index contributed by atoms with van der Waals surface area (Å²) in [4.78, 5) is 69.0. The van der Waals surface area contributed by atoms with Crippen LogP contribution in [0.4, 0.5) is 9.93 Å².